The molecule has 1 aromatic heterocycles. The molecule has 2 rings (SSSR count). The summed E-state index contributed by atoms with van der Waals surface area (Å²) in [5.74, 6) is 0.322. The van der Waals surface area contributed by atoms with Gasteiger partial charge in [0.25, 0.3) is 0 Å². The van der Waals surface area contributed by atoms with Crippen LogP contribution in [0.2, 0.25) is 0 Å². The van der Waals surface area contributed by atoms with Gasteiger partial charge in [-0.15, -0.1) is 0 Å². The van der Waals surface area contributed by atoms with Crippen LogP contribution in [-0.2, 0) is 16.1 Å². The molecule has 0 radical (unpaired) electrons. The molecular formula is C12H18N6O2. The fourth-order valence-corrected chi connectivity index (χ4v) is 2.12. The number of carbonyl (C=O) groups is 1. The van der Waals surface area contributed by atoms with Gasteiger partial charge in [-0.05, 0) is 6.92 Å². The Labute approximate surface area is 117 Å². The van der Waals surface area contributed by atoms with E-state index in [2.05, 4.69) is 16.5 Å². The second-order valence-electron chi connectivity index (χ2n) is 4.40. The number of hydrogen-bond donors (Lipinski definition) is 2. The van der Waals surface area contributed by atoms with Crippen LogP contribution >= 0.6 is 0 Å². The molecule has 1 aliphatic heterocycles. The van der Waals surface area contributed by atoms with Gasteiger partial charge in [0, 0.05) is 26.2 Å². The van der Waals surface area contributed by atoms with E-state index < -0.39 is 5.97 Å². The number of ether oxygens (including phenoxy) is 1. The predicted octanol–water partition coefficient (Wildman–Crippen LogP) is -0.690. The summed E-state index contributed by atoms with van der Waals surface area (Å²) in [4.78, 5) is 13.5. The minimum absolute atomic E-state index is 0.0829. The Kier molecular flexibility index (Phi) is 4.42. The fourth-order valence-electron chi connectivity index (χ4n) is 2.12. The van der Waals surface area contributed by atoms with Gasteiger partial charge in [0.05, 0.1) is 6.61 Å². The van der Waals surface area contributed by atoms with Crippen molar-refractivity contribution in [1.82, 2.24) is 15.1 Å². The van der Waals surface area contributed by atoms with E-state index in [0.717, 1.165) is 26.2 Å². The number of nitrogens with zero attached hydrogens (tertiary/aromatic N) is 4. The van der Waals surface area contributed by atoms with Crippen molar-refractivity contribution in [3.63, 3.8) is 0 Å². The molecule has 108 valence electrons. The maximum atomic E-state index is 11.5. The van der Waals surface area contributed by atoms with Crippen LogP contribution in [-0.4, -0.2) is 48.5 Å². The molecule has 1 fully saturated rings. The van der Waals surface area contributed by atoms with Crippen molar-refractivity contribution in [2.24, 2.45) is 0 Å². The van der Waals surface area contributed by atoms with Gasteiger partial charge in [0.1, 0.15) is 24.0 Å². The second-order valence-corrected chi connectivity index (χ2v) is 4.40. The Morgan fingerprint density at radius 3 is 2.85 bits per heavy atom. The number of piperazine rings is 1. The largest absolute Gasteiger partial charge is 0.465 e. The van der Waals surface area contributed by atoms with Gasteiger partial charge in [-0.3, -0.25) is 4.79 Å². The molecule has 0 saturated carbocycles. The third kappa shape index (κ3) is 2.83. The highest BCUT2D eigenvalue weighted by molar-refractivity contribution is 5.72. The molecule has 1 saturated heterocycles. The number of esters is 1. The quantitative estimate of drug-likeness (QED) is 0.701. The van der Waals surface area contributed by atoms with Crippen LogP contribution < -0.4 is 16.0 Å². The lowest BCUT2D eigenvalue weighted by Crippen LogP contribution is -2.44. The van der Waals surface area contributed by atoms with E-state index in [-0.39, 0.29) is 12.4 Å². The number of anilines is 2. The average molecular weight is 278 g/mol. The van der Waals surface area contributed by atoms with E-state index in [0.29, 0.717) is 18.0 Å². The Balaban J connectivity index is 2.24. The van der Waals surface area contributed by atoms with Gasteiger partial charge in [0.2, 0.25) is 0 Å². The van der Waals surface area contributed by atoms with Crippen LogP contribution in [0.5, 0.6) is 0 Å². The molecule has 8 heteroatoms. The Morgan fingerprint density at radius 2 is 2.25 bits per heavy atom. The molecule has 0 amide bonds. The molecule has 0 spiro atoms. The van der Waals surface area contributed by atoms with E-state index in [9.17, 15) is 10.1 Å². The molecule has 0 bridgehead atoms. The van der Waals surface area contributed by atoms with E-state index in [1.165, 1.54) is 4.68 Å². The SMILES string of the molecule is CCOC(=O)Cn1nc(N2CCNCC2)c(C#N)c1N. The fraction of sp³-hybridized carbons (Fsp3) is 0.583. The van der Waals surface area contributed by atoms with Crippen molar-refractivity contribution in [3.8, 4) is 6.07 Å². The third-order valence-electron chi connectivity index (χ3n) is 3.09. The predicted molar refractivity (Wildman–Crippen MR) is 73.1 cm³/mol. The van der Waals surface area contributed by atoms with Gasteiger partial charge in [-0.25, -0.2) is 4.68 Å². The topological polar surface area (TPSA) is 109 Å². The lowest BCUT2D eigenvalue weighted by atomic mass is 10.2. The van der Waals surface area contributed by atoms with Crippen molar-refractivity contribution in [3.05, 3.63) is 5.56 Å². The molecule has 0 unspecified atom stereocenters. The zero-order valence-electron chi connectivity index (χ0n) is 11.4. The summed E-state index contributed by atoms with van der Waals surface area (Å²) in [6.45, 7) is 5.12. The van der Waals surface area contributed by atoms with Gasteiger partial charge in [-0.2, -0.15) is 10.4 Å². The molecule has 0 atom stereocenters. The summed E-state index contributed by atoms with van der Waals surface area (Å²) < 4.78 is 6.19. The van der Waals surface area contributed by atoms with E-state index in [4.69, 9.17) is 10.5 Å². The molecule has 20 heavy (non-hydrogen) atoms. The number of hydrogen-bond acceptors (Lipinski definition) is 7. The zero-order valence-corrected chi connectivity index (χ0v) is 11.4. The van der Waals surface area contributed by atoms with Crippen molar-refractivity contribution in [2.75, 3.05) is 43.4 Å². The molecule has 0 aromatic carbocycles. The number of rotatable bonds is 4. The Hall–Kier alpha value is -2.27. The summed E-state index contributed by atoms with van der Waals surface area (Å²) >= 11 is 0. The lowest BCUT2D eigenvalue weighted by molar-refractivity contribution is -0.143. The van der Waals surface area contributed by atoms with Crippen LogP contribution in [0.25, 0.3) is 0 Å². The molecule has 0 aliphatic carbocycles. The maximum absolute atomic E-state index is 11.5. The maximum Gasteiger partial charge on any atom is 0.327 e. The number of nitrogens with two attached hydrogens (primary N) is 1. The summed E-state index contributed by atoms with van der Waals surface area (Å²) in [7, 11) is 0. The highest BCUT2D eigenvalue weighted by Gasteiger charge is 2.23. The summed E-state index contributed by atoms with van der Waals surface area (Å²) in [5.41, 5.74) is 6.21. The number of nitriles is 1. The first kappa shape index (κ1) is 14.1. The highest BCUT2D eigenvalue weighted by Crippen LogP contribution is 2.24. The second kappa shape index (κ2) is 6.25. The monoisotopic (exact) mass is 278 g/mol. The van der Waals surface area contributed by atoms with Gasteiger partial charge in [-0.1, -0.05) is 0 Å². The van der Waals surface area contributed by atoms with E-state index in [1.54, 1.807) is 6.92 Å². The Bertz CT molecular complexity index is 527. The van der Waals surface area contributed by atoms with Crippen LogP contribution in [0.15, 0.2) is 0 Å². The molecule has 8 nitrogen and oxygen atoms in total. The molecule has 1 aromatic rings. The van der Waals surface area contributed by atoms with Gasteiger partial charge >= 0.3 is 5.97 Å². The van der Waals surface area contributed by atoms with Crippen LogP contribution in [0.4, 0.5) is 11.6 Å². The minimum Gasteiger partial charge on any atom is -0.465 e. The molecule has 2 heterocycles. The van der Waals surface area contributed by atoms with Gasteiger partial charge < -0.3 is 20.7 Å². The normalized spacial score (nSPS) is 14.9. The number of nitrogens with one attached hydrogen (secondary N) is 1. The zero-order chi connectivity index (χ0) is 14.5. The van der Waals surface area contributed by atoms with Gasteiger partial charge in [0.15, 0.2) is 5.82 Å². The third-order valence-corrected chi connectivity index (χ3v) is 3.09. The first-order chi connectivity index (χ1) is 9.67. The minimum atomic E-state index is -0.418. The summed E-state index contributed by atoms with van der Waals surface area (Å²) in [6.07, 6.45) is 0. The van der Waals surface area contributed by atoms with Crippen molar-refractivity contribution < 1.29 is 9.53 Å². The van der Waals surface area contributed by atoms with Crippen molar-refractivity contribution >= 4 is 17.6 Å². The molecule has 3 N–H and O–H groups in total. The van der Waals surface area contributed by atoms with Crippen LogP contribution in [0.3, 0.4) is 0 Å². The summed E-state index contributed by atoms with van der Waals surface area (Å²) in [5, 5.41) is 16.8. The standard InChI is InChI=1S/C12H18N6O2/c1-2-20-10(19)8-18-11(14)9(7-13)12(16-18)17-5-3-15-4-6-17/h15H,2-6,8,14H2,1H3. The van der Waals surface area contributed by atoms with E-state index >= 15 is 0 Å². The summed E-state index contributed by atoms with van der Waals surface area (Å²) in [6, 6.07) is 2.06. The number of aromatic nitrogens is 2. The number of carbonyl (C=O) groups excluding carboxylic acids is 1. The lowest BCUT2D eigenvalue weighted by Gasteiger charge is -2.27. The first-order valence-corrected chi connectivity index (χ1v) is 6.55. The van der Waals surface area contributed by atoms with E-state index in [1.807, 2.05) is 4.90 Å². The van der Waals surface area contributed by atoms with Crippen molar-refractivity contribution in [1.29, 1.82) is 5.26 Å². The highest BCUT2D eigenvalue weighted by atomic mass is 16.5. The van der Waals surface area contributed by atoms with Crippen LogP contribution in [0.1, 0.15) is 12.5 Å². The Morgan fingerprint density at radius 1 is 1.55 bits per heavy atom. The molecular weight excluding hydrogens is 260 g/mol. The van der Waals surface area contributed by atoms with Crippen molar-refractivity contribution in [2.45, 2.75) is 13.5 Å². The average Bonchev–Trinajstić information content (AvgIpc) is 2.76. The first-order valence-electron chi connectivity index (χ1n) is 6.55. The molecule has 1 aliphatic rings. The smallest absolute Gasteiger partial charge is 0.327 e. The van der Waals surface area contributed by atoms with Crippen LogP contribution in [0, 0.1) is 11.3 Å². The number of nitrogen functional groups attached to an aromatic ring is 1.